The summed E-state index contributed by atoms with van der Waals surface area (Å²) in [5.41, 5.74) is 23.0. The van der Waals surface area contributed by atoms with Gasteiger partial charge in [-0.25, -0.2) is 4.42 Å². The molecule has 0 aromatic carbocycles. The second-order valence-corrected chi connectivity index (χ2v) is 9.42. The van der Waals surface area contributed by atoms with Crippen molar-refractivity contribution in [1.82, 2.24) is 29.8 Å². The summed E-state index contributed by atoms with van der Waals surface area (Å²) in [6.07, 6.45) is 0. The Labute approximate surface area is 208 Å². The minimum absolute atomic E-state index is 0.644. The monoisotopic (exact) mass is 494 g/mol. The summed E-state index contributed by atoms with van der Waals surface area (Å²) in [6.45, 7) is 20.9. The van der Waals surface area contributed by atoms with E-state index < -0.39 is 0 Å². The van der Waals surface area contributed by atoms with Crippen molar-refractivity contribution in [2.75, 3.05) is 124 Å². The smallest absolute Gasteiger partial charge is 0.0267 e. The molecular formula is C22H55ClN10. The number of hydrogen-bond donors (Lipinski definition) is 6. The van der Waals surface area contributed by atoms with Gasteiger partial charge in [-0.15, -0.1) is 0 Å². The number of halogens is 1. The fourth-order valence-corrected chi connectivity index (χ4v) is 3.69. The van der Waals surface area contributed by atoms with E-state index in [1.54, 1.807) is 0 Å². The summed E-state index contributed by atoms with van der Waals surface area (Å²) in [5.74, 6) is 0.665. The molecule has 0 atom stereocenters. The third-order valence-electron chi connectivity index (χ3n) is 5.47. The Balaban J connectivity index is 4.30. The highest BCUT2D eigenvalue weighted by atomic mass is 35.5. The lowest BCUT2D eigenvalue weighted by Crippen LogP contribution is -2.44. The molecule has 33 heavy (non-hydrogen) atoms. The number of nitrogens with zero attached hydrogens (tertiary/aromatic N) is 4. The highest BCUT2D eigenvalue weighted by molar-refractivity contribution is 6.13. The van der Waals surface area contributed by atoms with Crippen molar-refractivity contribution in [3.8, 4) is 0 Å². The molecular weight excluding hydrogens is 440 g/mol. The van der Waals surface area contributed by atoms with Gasteiger partial charge in [-0.2, -0.15) is 0 Å². The van der Waals surface area contributed by atoms with Gasteiger partial charge >= 0.3 is 0 Å². The largest absolute Gasteiger partial charge is 0.329 e. The maximum absolute atomic E-state index is 6.54. The van der Waals surface area contributed by atoms with E-state index in [0.29, 0.717) is 32.1 Å². The van der Waals surface area contributed by atoms with Gasteiger partial charge in [0.05, 0.1) is 0 Å². The van der Waals surface area contributed by atoms with Crippen LogP contribution in [-0.2, 0) is 0 Å². The number of hydrogen-bond acceptors (Lipinski definition) is 10. The Bertz CT molecular complexity index is 405. The van der Waals surface area contributed by atoms with Crippen LogP contribution < -0.4 is 33.6 Å². The van der Waals surface area contributed by atoms with Crippen LogP contribution in [0.15, 0.2) is 0 Å². The first-order valence-electron chi connectivity index (χ1n) is 12.8. The molecule has 0 aromatic heterocycles. The molecule has 0 unspecified atom stereocenters. The van der Waals surface area contributed by atoms with Crippen LogP contribution in [0.25, 0.3) is 0 Å². The maximum Gasteiger partial charge on any atom is 0.0267 e. The molecule has 0 radical (unpaired) electrons. The molecule has 200 valence electrons. The predicted octanol–water partition coefficient (Wildman–Crippen LogP) is -1.98. The summed E-state index contributed by atoms with van der Waals surface area (Å²) >= 11 is 6.54. The third-order valence-corrected chi connectivity index (χ3v) is 5.81. The molecule has 10 N–H and O–H groups in total. The van der Waals surface area contributed by atoms with E-state index in [1.807, 2.05) is 4.42 Å². The zero-order valence-corrected chi connectivity index (χ0v) is 22.2. The van der Waals surface area contributed by atoms with Crippen LogP contribution in [0.2, 0.25) is 0 Å². The van der Waals surface area contributed by atoms with Gasteiger partial charge in [-0.05, 0) is 24.2 Å². The molecule has 0 saturated heterocycles. The number of rotatable bonds is 25. The van der Waals surface area contributed by atoms with Crippen LogP contribution in [0, 0.1) is 5.92 Å². The molecule has 0 saturated carbocycles. The van der Waals surface area contributed by atoms with E-state index in [1.165, 1.54) is 0 Å². The van der Waals surface area contributed by atoms with Crippen molar-refractivity contribution in [1.29, 1.82) is 0 Å². The molecule has 0 aromatic rings. The first kappa shape index (κ1) is 32.9. The van der Waals surface area contributed by atoms with Crippen LogP contribution in [0.3, 0.4) is 0 Å². The average molecular weight is 495 g/mol. The standard InChI is InChI=1S/C22H55ClN10/c1-22(2)21-29-9-14-31(11-5-26)17-19-33(23)20-18-32(12-6-27)16-15-30(10-4-25)13-8-28-7-3-24/h22,28-29H,3-21,24-27H2,1-2H3. The first-order chi connectivity index (χ1) is 16.0. The minimum Gasteiger partial charge on any atom is -0.329 e. The Kier molecular flexibility index (Phi) is 23.5. The second kappa shape index (κ2) is 23.6. The normalized spacial score (nSPS) is 12.4. The molecule has 0 aliphatic rings. The fourth-order valence-electron chi connectivity index (χ4n) is 3.54. The number of nitrogens with one attached hydrogen (secondary N) is 2. The average Bonchev–Trinajstić information content (AvgIpc) is 2.79. The number of nitrogens with two attached hydrogens (primary N) is 4. The Morgan fingerprint density at radius 1 is 0.545 bits per heavy atom. The van der Waals surface area contributed by atoms with Gasteiger partial charge in [0.1, 0.15) is 0 Å². The first-order valence-corrected chi connectivity index (χ1v) is 13.1. The van der Waals surface area contributed by atoms with Gasteiger partial charge in [-0.1, -0.05) is 13.8 Å². The summed E-state index contributed by atoms with van der Waals surface area (Å²) in [7, 11) is 0. The fraction of sp³-hybridized carbons (Fsp3) is 1.00. The van der Waals surface area contributed by atoms with Crippen molar-refractivity contribution in [2.45, 2.75) is 13.8 Å². The lowest BCUT2D eigenvalue weighted by Gasteiger charge is -2.29. The minimum atomic E-state index is 0.644. The van der Waals surface area contributed by atoms with Crippen LogP contribution >= 0.6 is 11.8 Å². The van der Waals surface area contributed by atoms with E-state index in [-0.39, 0.29) is 0 Å². The van der Waals surface area contributed by atoms with E-state index in [2.05, 4.69) is 39.2 Å². The summed E-state index contributed by atoms with van der Waals surface area (Å²) < 4.78 is 1.89. The zero-order valence-electron chi connectivity index (χ0n) is 21.5. The van der Waals surface area contributed by atoms with Gasteiger partial charge in [-0.3, -0.25) is 14.7 Å². The topological polar surface area (TPSA) is 141 Å². The van der Waals surface area contributed by atoms with Crippen molar-refractivity contribution in [2.24, 2.45) is 28.9 Å². The van der Waals surface area contributed by atoms with E-state index in [0.717, 1.165) is 98.2 Å². The highest BCUT2D eigenvalue weighted by Gasteiger charge is 2.12. The van der Waals surface area contributed by atoms with Crippen LogP contribution in [0.4, 0.5) is 0 Å². The zero-order chi connectivity index (χ0) is 24.7. The van der Waals surface area contributed by atoms with Gasteiger partial charge in [0.15, 0.2) is 0 Å². The molecule has 0 spiro atoms. The van der Waals surface area contributed by atoms with Gasteiger partial charge in [0.2, 0.25) is 0 Å². The predicted molar refractivity (Wildman–Crippen MR) is 144 cm³/mol. The van der Waals surface area contributed by atoms with Gasteiger partial charge < -0.3 is 33.6 Å². The molecule has 0 rings (SSSR count). The molecule has 10 nitrogen and oxygen atoms in total. The summed E-state index contributed by atoms with van der Waals surface area (Å²) in [6, 6.07) is 0. The van der Waals surface area contributed by atoms with E-state index in [9.17, 15) is 0 Å². The Hall–Kier alpha value is -0.110. The highest BCUT2D eigenvalue weighted by Crippen LogP contribution is 1.99. The molecule has 0 heterocycles. The summed E-state index contributed by atoms with van der Waals surface area (Å²) in [4.78, 5) is 7.16. The maximum atomic E-state index is 6.54. The lowest BCUT2D eigenvalue weighted by molar-refractivity contribution is 0.196. The van der Waals surface area contributed by atoms with Crippen LogP contribution in [0.5, 0.6) is 0 Å². The molecule has 0 aliphatic carbocycles. The summed E-state index contributed by atoms with van der Waals surface area (Å²) in [5, 5.41) is 6.85. The SMILES string of the molecule is CC(C)CNCCN(CCN)CCN(Cl)CCN(CCN)CCN(CCN)CCNCCN. The molecule has 0 fully saturated rings. The van der Waals surface area contributed by atoms with Crippen LogP contribution in [-0.4, -0.2) is 143 Å². The van der Waals surface area contributed by atoms with E-state index >= 15 is 0 Å². The third kappa shape index (κ3) is 20.9. The van der Waals surface area contributed by atoms with Crippen molar-refractivity contribution in [3.05, 3.63) is 0 Å². The Morgan fingerprint density at radius 2 is 0.970 bits per heavy atom. The van der Waals surface area contributed by atoms with Crippen molar-refractivity contribution in [3.63, 3.8) is 0 Å². The second-order valence-electron chi connectivity index (χ2n) is 8.94. The van der Waals surface area contributed by atoms with Crippen molar-refractivity contribution >= 4 is 11.8 Å². The Morgan fingerprint density at radius 3 is 1.39 bits per heavy atom. The van der Waals surface area contributed by atoms with Gasteiger partial charge in [0, 0.05) is 118 Å². The quantitative estimate of drug-likeness (QED) is 0.0624. The van der Waals surface area contributed by atoms with E-state index in [4.69, 9.17) is 34.7 Å². The lowest BCUT2D eigenvalue weighted by atomic mass is 10.2. The van der Waals surface area contributed by atoms with Crippen LogP contribution in [0.1, 0.15) is 13.8 Å². The molecule has 0 amide bonds. The van der Waals surface area contributed by atoms with Gasteiger partial charge in [0.25, 0.3) is 0 Å². The molecule has 0 bridgehead atoms. The molecule has 11 heteroatoms. The molecule has 0 aliphatic heterocycles. The van der Waals surface area contributed by atoms with Crippen molar-refractivity contribution < 1.29 is 0 Å².